The van der Waals surface area contributed by atoms with E-state index in [1.807, 2.05) is 49.4 Å². The van der Waals surface area contributed by atoms with Crippen LogP contribution in [0.1, 0.15) is 40.9 Å². The van der Waals surface area contributed by atoms with Gasteiger partial charge in [-0.3, -0.25) is 9.59 Å². The van der Waals surface area contributed by atoms with E-state index in [1.165, 1.54) is 6.26 Å². The number of amides is 2. The number of anilines is 1. The van der Waals surface area contributed by atoms with Crippen LogP contribution >= 0.6 is 0 Å². The fraction of sp³-hybridized carbons (Fsp3) is 0.182. The Morgan fingerprint density at radius 3 is 2.37 bits per heavy atom. The van der Waals surface area contributed by atoms with Crippen molar-refractivity contribution in [2.24, 2.45) is 0 Å². The number of furan rings is 1. The molecule has 0 spiro atoms. The smallest absolute Gasteiger partial charge is 0.291 e. The van der Waals surface area contributed by atoms with E-state index in [-0.39, 0.29) is 23.5 Å². The van der Waals surface area contributed by atoms with Crippen LogP contribution in [0.25, 0.3) is 0 Å². The summed E-state index contributed by atoms with van der Waals surface area (Å²) in [6.07, 6.45) is 1.90. The van der Waals surface area contributed by atoms with E-state index in [0.717, 1.165) is 11.1 Å². The predicted molar refractivity (Wildman–Crippen MR) is 104 cm³/mol. The molecule has 2 aromatic carbocycles. The summed E-state index contributed by atoms with van der Waals surface area (Å²) in [7, 11) is 0. The number of carbonyl (C=O) groups excluding carboxylic acids is 2. The monoisotopic (exact) mass is 362 g/mol. The van der Waals surface area contributed by atoms with Gasteiger partial charge in [-0.25, -0.2) is 0 Å². The Labute approximate surface area is 158 Å². The van der Waals surface area contributed by atoms with E-state index >= 15 is 0 Å². The second-order valence-electron chi connectivity index (χ2n) is 6.42. The predicted octanol–water partition coefficient (Wildman–Crippen LogP) is 4.34. The number of rotatable bonds is 7. The van der Waals surface area contributed by atoms with Gasteiger partial charge in [0, 0.05) is 18.7 Å². The number of nitrogens with one attached hydrogen (secondary N) is 2. The molecular formula is C22H22N2O3. The van der Waals surface area contributed by atoms with Gasteiger partial charge in [0.05, 0.1) is 6.26 Å². The SMILES string of the molecule is C[C@H](CC(=O)NCc1ccc(NC(=O)c2ccco2)cc1)c1ccccc1. The molecule has 0 aliphatic rings. The minimum Gasteiger partial charge on any atom is -0.459 e. The van der Waals surface area contributed by atoms with Crippen LogP contribution < -0.4 is 10.6 Å². The summed E-state index contributed by atoms with van der Waals surface area (Å²) in [5.74, 6) is 0.154. The van der Waals surface area contributed by atoms with Gasteiger partial charge in [0.15, 0.2) is 5.76 Å². The Balaban J connectivity index is 1.47. The Morgan fingerprint density at radius 1 is 0.963 bits per heavy atom. The highest BCUT2D eigenvalue weighted by atomic mass is 16.3. The number of hydrogen-bond donors (Lipinski definition) is 2. The van der Waals surface area contributed by atoms with E-state index in [1.54, 1.807) is 24.3 Å². The van der Waals surface area contributed by atoms with Gasteiger partial charge >= 0.3 is 0 Å². The third-order valence-corrected chi connectivity index (χ3v) is 4.31. The van der Waals surface area contributed by atoms with Gasteiger partial charge in [-0.2, -0.15) is 0 Å². The first-order chi connectivity index (χ1) is 13.1. The van der Waals surface area contributed by atoms with Crippen molar-refractivity contribution in [3.63, 3.8) is 0 Å². The van der Waals surface area contributed by atoms with Crippen LogP contribution in [0.2, 0.25) is 0 Å². The summed E-state index contributed by atoms with van der Waals surface area (Å²) < 4.78 is 5.06. The largest absolute Gasteiger partial charge is 0.459 e. The van der Waals surface area contributed by atoms with Gasteiger partial charge in [-0.15, -0.1) is 0 Å². The van der Waals surface area contributed by atoms with Crippen molar-refractivity contribution in [1.82, 2.24) is 5.32 Å². The van der Waals surface area contributed by atoms with Crippen LogP contribution in [0.15, 0.2) is 77.4 Å². The topological polar surface area (TPSA) is 71.3 Å². The van der Waals surface area contributed by atoms with Crippen LogP contribution in [-0.2, 0) is 11.3 Å². The van der Waals surface area contributed by atoms with Gasteiger partial charge in [0.25, 0.3) is 5.91 Å². The lowest BCUT2D eigenvalue weighted by Crippen LogP contribution is -2.24. The maximum Gasteiger partial charge on any atom is 0.291 e. The molecule has 5 nitrogen and oxygen atoms in total. The van der Waals surface area contributed by atoms with E-state index in [0.29, 0.717) is 18.7 Å². The molecule has 2 N–H and O–H groups in total. The van der Waals surface area contributed by atoms with Crippen molar-refractivity contribution >= 4 is 17.5 Å². The standard InChI is InChI=1S/C22H22N2O3/c1-16(18-6-3-2-4-7-18)14-21(25)23-15-17-9-11-19(12-10-17)24-22(26)20-8-5-13-27-20/h2-13,16H,14-15H2,1H3,(H,23,25)(H,24,26)/t16-/m1/s1. The molecule has 1 atom stereocenters. The first-order valence-corrected chi connectivity index (χ1v) is 8.87. The molecule has 138 valence electrons. The molecule has 3 rings (SSSR count). The van der Waals surface area contributed by atoms with Crippen molar-refractivity contribution in [2.75, 3.05) is 5.32 Å². The molecule has 1 heterocycles. The van der Waals surface area contributed by atoms with Gasteiger partial charge in [-0.1, -0.05) is 49.4 Å². The summed E-state index contributed by atoms with van der Waals surface area (Å²) in [6.45, 7) is 2.50. The summed E-state index contributed by atoms with van der Waals surface area (Å²) in [5, 5.41) is 5.70. The Kier molecular flexibility index (Phi) is 6.05. The van der Waals surface area contributed by atoms with Crippen molar-refractivity contribution < 1.29 is 14.0 Å². The fourth-order valence-electron chi connectivity index (χ4n) is 2.76. The maximum absolute atomic E-state index is 12.2. The van der Waals surface area contributed by atoms with Crippen LogP contribution in [0.5, 0.6) is 0 Å². The molecule has 0 saturated heterocycles. The molecule has 0 saturated carbocycles. The van der Waals surface area contributed by atoms with Crippen molar-refractivity contribution in [2.45, 2.75) is 25.8 Å². The van der Waals surface area contributed by atoms with Crippen molar-refractivity contribution in [3.8, 4) is 0 Å². The van der Waals surface area contributed by atoms with Crippen molar-refractivity contribution in [3.05, 3.63) is 89.9 Å². The summed E-state index contributed by atoms with van der Waals surface area (Å²) in [5.41, 5.74) is 2.79. The summed E-state index contributed by atoms with van der Waals surface area (Å²) in [4.78, 5) is 24.1. The highest BCUT2D eigenvalue weighted by Crippen LogP contribution is 2.18. The average molecular weight is 362 g/mol. The molecule has 0 aliphatic heterocycles. The number of carbonyl (C=O) groups is 2. The third-order valence-electron chi connectivity index (χ3n) is 4.31. The first-order valence-electron chi connectivity index (χ1n) is 8.87. The normalized spacial score (nSPS) is 11.6. The lowest BCUT2D eigenvalue weighted by atomic mass is 9.97. The molecule has 0 aliphatic carbocycles. The van der Waals surface area contributed by atoms with E-state index < -0.39 is 0 Å². The molecule has 5 heteroatoms. The number of hydrogen-bond acceptors (Lipinski definition) is 3. The third kappa shape index (κ3) is 5.31. The molecular weight excluding hydrogens is 340 g/mol. The number of benzene rings is 2. The Hall–Kier alpha value is -3.34. The van der Waals surface area contributed by atoms with Gasteiger partial charge in [0.1, 0.15) is 0 Å². The highest BCUT2D eigenvalue weighted by Gasteiger charge is 2.11. The highest BCUT2D eigenvalue weighted by molar-refractivity contribution is 6.02. The quantitative estimate of drug-likeness (QED) is 0.657. The maximum atomic E-state index is 12.2. The van der Waals surface area contributed by atoms with Crippen LogP contribution in [0, 0.1) is 0 Å². The Morgan fingerprint density at radius 2 is 1.70 bits per heavy atom. The zero-order chi connectivity index (χ0) is 19.1. The van der Waals surface area contributed by atoms with Crippen LogP contribution in [-0.4, -0.2) is 11.8 Å². The average Bonchev–Trinajstić information content (AvgIpc) is 3.23. The molecule has 0 bridgehead atoms. The second-order valence-corrected chi connectivity index (χ2v) is 6.42. The zero-order valence-electron chi connectivity index (χ0n) is 15.1. The minimum absolute atomic E-state index is 0.0153. The van der Waals surface area contributed by atoms with Crippen molar-refractivity contribution in [1.29, 1.82) is 0 Å². The van der Waals surface area contributed by atoms with Gasteiger partial charge < -0.3 is 15.1 Å². The van der Waals surface area contributed by atoms with E-state index in [2.05, 4.69) is 10.6 Å². The fourth-order valence-corrected chi connectivity index (χ4v) is 2.76. The second kappa shape index (κ2) is 8.85. The molecule has 0 radical (unpaired) electrons. The van der Waals surface area contributed by atoms with E-state index in [9.17, 15) is 9.59 Å². The van der Waals surface area contributed by atoms with Gasteiger partial charge in [0.2, 0.25) is 5.91 Å². The lowest BCUT2D eigenvalue weighted by Gasteiger charge is -2.12. The molecule has 0 fully saturated rings. The van der Waals surface area contributed by atoms with Gasteiger partial charge in [-0.05, 0) is 41.3 Å². The minimum atomic E-state index is -0.295. The molecule has 1 aromatic heterocycles. The summed E-state index contributed by atoms with van der Waals surface area (Å²) >= 11 is 0. The van der Waals surface area contributed by atoms with Crippen LogP contribution in [0.3, 0.4) is 0 Å². The molecule has 3 aromatic rings. The molecule has 0 unspecified atom stereocenters. The molecule has 27 heavy (non-hydrogen) atoms. The zero-order valence-corrected chi connectivity index (χ0v) is 15.1. The first kappa shape index (κ1) is 18.5. The summed E-state index contributed by atoms with van der Waals surface area (Å²) in [6, 6.07) is 20.6. The molecule has 2 amide bonds. The van der Waals surface area contributed by atoms with E-state index in [4.69, 9.17) is 4.42 Å². The van der Waals surface area contributed by atoms with Crippen LogP contribution in [0.4, 0.5) is 5.69 Å². The Bertz CT molecular complexity index is 872. The lowest BCUT2D eigenvalue weighted by molar-refractivity contribution is -0.121.